The average Bonchev–Trinajstić information content (AvgIpc) is 2.59. The molecule has 0 bridgehead atoms. The van der Waals surface area contributed by atoms with Crippen molar-refractivity contribution in [3.05, 3.63) is 96.1 Å². The molecule has 0 spiro atoms. The van der Waals surface area contributed by atoms with Crippen LogP contribution in [-0.4, -0.2) is 6.54 Å². The van der Waals surface area contributed by atoms with Gasteiger partial charge in [0.05, 0.1) is 0 Å². The van der Waals surface area contributed by atoms with Gasteiger partial charge in [-0.15, -0.1) is 0 Å². The largest absolute Gasteiger partial charge is 0.306 e. The van der Waals surface area contributed by atoms with E-state index in [4.69, 9.17) is 0 Å². The molecule has 1 nitrogen and oxygen atoms in total. The monoisotopic (exact) mass is 301 g/mol. The van der Waals surface area contributed by atoms with E-state index < -0.39 is 0 Å². The van der Waals surface area contributed by atoms with Crippen molar-refractivity contribution in [2.45, 2.75) is 19.4 Å². The van der Waals surface area contributed by atoms with Gasteiger partial charge in [0.2, 0.25) is 0 Å². The summed E-state index contributed by atoms with van der Waals surface area (Å²) >= 11 is 0. The first-order valence-electron chi connectivity index (χ1n) is 8.13. The minimum Gasteiger partial charge on any atom is -0.306 e. The van der Waals surface area contributed by atoms with Gasteiger partial charge in [-0.05, 0) is 35.2 Å². The van der Waals surface area contributed by atoms with Gasteiger partial charge < -0.3 is 5.32 Å². The number of rotatable bonds is 6. The fourth-order valence-corrected chi connectivity index (χ4v) is 2.99. The van der Waals surface area contributed by atoms with E-state index in [1.165, 1.54) is 21.9 Å². The van der Waals surface area contributed by atoms with Crippen molar-refractivity contribution in [2.75, 3.05) is 6.54 Å². The Labute approximate surface area is 138 Å². The highest BCUT2D eigenvalue weighted by molar-refractivity contribution is 5.86. The molecule has 3 rings (SSSR count). The molecule has 0 saturated carbocycles. The summed E-state index contributed by atoms with van der Waals surface area (Å²) in [4.78, 5) is 0. The maximum atomic E-state index is 4.03. The van der Waals surface area contributed by atoms with E-state index in [2.05, 4.69) is 91.6 Å². The van der Waals surface area contributed by atoms with Gasteiger partial charge in [-0.3, -0.25) is 0 Å². The first-order valence-corrected chi connectivity index (χ1v) is 8.13. The molecule has 3 aromatic rings. The fraction of sp³-hybridized carbons (Fsp3) is 0.182. The topological polar surface area (TPSA) is 12.0 Å². The van der Waals surface area contributed by atoms with Crippen LogP contribution in [0.2, 0.25) is 0 Å². The van der Waals surface area contributed by atoms with Crippen molar-refractivity contribution >= 4 is 10.8 Å². The SMILES string of the molecule is C=C(C)CNC(Cc1ccccc1)c1cccc2ccccc12. The summed E-state index contributed by atoms with van der Waals surface area (Å²) in [6.07, 6.45) is 0.974. The van der Waals surface area contributed by atoms with Crippen molar-refractivity contribution in [1.82, 2.24) is 5.32 Å². The smallest absolute Gasteiger partial charge is 0.0369 e. The molecule has 1 heteroatoms. The lowest BCUT2D eigenvalue weighted by Gasteiger charge is -2.21. The van der Waals surface area contributed by atoms with Crippen LogP contribution in [0.15, 0.2) is 84.9 Å². The van der Waals surface area contributed by atoms with Crippen LogP contribution in [-0.2, 0) is 6.42 Å². The highest BCUT2D eigenvalue weighted by Crippen LogP contribution is 2.27. The predicted octanol–water partition coefficient (Wildman–Crippen LogP) is 5.29. The molecule has 0 amide bonds. The van der Waals surface area contributed by atoms with Gasteiger partial charge in [0.1, 0.15) is 0 Å². The molecular formula is C22H23N. The minimum absolute atomic E-state index is 0.278. The van der Waals surface area contributed by atoms with Gasteiger partial charge in [0.25, 0.3) is 0 Å². The first kappa shape index (κ1) is 15.5. The zero-order valence-electron chi connectivity index (χ0n) is 13.6. The third kappa shape index (κ3) is 3.88. The molecule has 1 N–H and O–H groups in total. The Bertz CT molecular complexity index is 784. The number of hydrogen-bond acceptors (Lipinski definition) is 1. The van der Waals surface area contributed by atoms with Gasteiger partial charge in [0.15, 0.2) is 0 Å². The van der Waals surface area contributed by atoms with Crippen molar-refractivity contribution in [2.24, 2.45) is 0 Å². The van der Waals surface area contributed by atoms with Gasteiger partial charge in [-0.1, -0.05) is 84.9 Å². The predicted molar refractivity (Wildman–Crippen MR) is 99.7 cm³/mol. The zero-order chi connectivity index (χ0) is 16.1. The molecule has 0 saturated heterocycles. The maximum Gasteiger partial charge on any atom is 0.0369 e. The fourth-order valence-electron chi connectivity index (χ4n) is 2.99. The van der Waals surface area contributed by atoms with Gasteiger partial charge in [-0.25, -0.2) is 0 Å². The molecule has 0 aliphatic rings. The second-order valence-corrected chi connectivity index (χ2v) is 6.15. The van der Waals surface area contributed by atoms with E-state index in [-0.39, 0.29) is 6.04 Å². The Hall–Kier alpha value is -2.38. The third-order valence-corrected chi connectivity index (χ3v) is 4.13. The van der Waals surface area contributed by atoms with Crippen LogP contribution in [0.25, 0.3) is 10.8 Å². The van der Waals surface area contributed by atoms with Crippen LogP contribution in [0, 0.1) is 0 Å². The lowest BCUT2D eigenvalue weighted by atomic mass is 9.94. The van der Waals surface area contributed by atoms with Crippen molar-refractivity contribution in [1.29, 1.82) is 0 Å². The molecule has 0 aliphatic heterocycles. The van der Waals surface area contributed by atoms with E-state index in [9.17, 15) is 0 Å². The molecule has 0 radical (unpaired) electrons. The molecule has 1 atom stereocenters. The number of hydrogen-bond donors (Lipinski definition) is 1. The Balaban J connectivity index is 1.97. The summed E-state index contributed by atoms with van der Waals surface area (Å²) in [5.74, 6) is 0. The molecule has 23 heavy (non-hydrogen) atoms. The van der Waals surface area contributed by atoms with Crippen LogP contribution >= 0.6 is 0 Å². The minimum atomic E-state index is 0.278. The summed E-state index contributed by atoms with van der Waals surface area (Å²) in [6, 6.07) is 26.1. The van der Waals surface area contributed by atoms with Crippen LogP contribution in [0.5, 0.6) is 0 Å². The standard InChI is InChI=1S/C22H23N/c1-17(2)16-23-22(15-18-9-4-3-5-10-18)21-14-8-12-19-11-6-7-13-20(19)21/h3-14,22-23H,1,15-16H2,2H3. The Kier molecular flexibility index (Phi) is 4.89. The van der Waals surface area contributed by atoms with Crippen molar-refractivity contribution < 1.29 is 0 Å². The summed E-state index contributed by atoms with van der Waals surface area (Å²) < 4.78 is 0. The first-order chi connectivity index (χ1) is 11.2. The molecule has 0 aliphatic carbocycles. The van der Waals surface area contributed by atoms with E-state index in [0.717, 1.165) is 18.5 Å². The van der Waals surface area contributed by atoms with Gasteiger partial charge >= 0.3 is 0 Å². The summed E-state index contributed by atoms with van der Waals surface area (Å²) in [5, 5.41) is 6.29. The molecule has 116 valence electrons. The maximum absolute atomic E-state index is 4.03. The molecule has 3 aromatic carbocycles. The van der Waals surface area contributed by atoms with Crippen molar-refractivity contribution in [3.63, 3.8) is 0 Å². The third-order valence-electron chi connectivity index (χ3n) is 4.13. The van der Waals surface area contributed by atoms with E-state index in [1.807, 2.05) is 0 Å². The zero-order valence-corrected chi connectivity index (χ0v) is 13.6. The van der Waals surface area contributed by atoms with Crippen LogP contribution in [0.3, 0.4) is 0 Å². The molecule has 0 heterocycles. The van der Waals surface area contributed by atoms with Crippen LogP contribution < -0.4 is 5.32 Å². The van der Waals surface area contributed by atoms with Gasteiger partial charge in [-0.2, -0.15) is 0 Å². The number of benzene rings is 3. The second-order valence-electron chi connectivity index (χ2n) is 6.15. The van der Waals surface area contributed by atoms with Crippen molar-refractivity contribution in [3.8, 4) is 0 Å². The van der Waals surface area contributed by atoms with Crippen LogP contribution in [0.4, 0.5) is 0 Å². The summed E-state index contributed by atoms with van der Waals surface area (Å²) in [6.45, 7) is 6.93. The average molecular weight is 301 g/mol. The Morgan fingerprint density at radius 2 is 1.61 bits per heavy atom. The molecule has 0 aromatic heterocycles. The highest BCUT2D eigenvalue weighted by Gasteiger charge is 2.14. The Morgan fingerprint density at radius 3 is 2.39 bits per heavy atom. The van der Waals surface area contributed by atoms with E-state index in [1.54, 1.807) is 0 Å². The quantitative estimate of drug-likeness (QED) is 0.610. The second kappa shape index (κ2) is 7.26. The van der Waals surface area contributed by atoms with Crippen LogP contribution in [0.1, 0.15) is 24.1 Å². The number of fused-ring (bicyclic) bond motifs is 1. The van der Waals surface area contributed by atoms with E-state index >= 15 is 0 Å². The Morgan fingerprint density at radius 1 is 0.913 bits per heavy atom. The highest BCUT2D eigenvalue weighted by atomic mass is 14.9. The van der Waals surface area contributed by atoms with Gasteiger partial charge in [0, 0.05) is 12.6 Å². The normalized spacial score (nSPS) is 12.2. The summed E-state index contributed by atoms with van der Waals surface area (Å²) in [7, 11) is 0. The summed E-state index contributed by atoms with van der Waals surface area (Å²) in [5.41, 5.74) is 3.86. The molecule has 1 unspecified atom stereocenters. The lowest BCUT2D eigenvalue weighted by Crippen LogP contribution is -2.25. The molecule has 0 fully saturated rings. The lowest BCUT2D eigenvalue weighted by molar-refractivity contribution is 0.561. The van der Waals surface area contributed by atoms with E-state index in [0.29, 0.717) is 0 Å². The molecular weight excluding hydrogens is 278 g/mol. The number of nitrogens with one attached hydrogen (secondary N) is 1.